The maximum Gasteiger partial charge on any atom is 0.446 e. The van der Waals surface area contributed by atoms with E-state index in [9.17, 15) is 38.2 Å². The quantitative estimate of drug-likeness (QED) is 0.0936. The number of benzene rings is 2. The van der Waals surface area contributed by atoms with Gasteiger partial charge in [0.15, 0.2) is 0 Å². The normalized spacial score (nSPS) is 10.9. The van der Waals surface area contributed by atoms with Crippen molar-refractivity contribution in [3.8, 4) is 0 Å². The second kappa shape index (κ2) is 20.9. The third-order valence-electron chi connectivity index (χ3n) is 6.89. The molecular formula is C35H41F3N8O9. The molecule has 0 unspecified atom stereocenters. The minimum absolute atomic E-state index is 0.00444. The van der Waals surface area contributed by atoms with Gasteiger partial charge in [-0.15, -0.1) is 0 Å². The molecule has 0 spiro atoms. The van der Waals surface area contributed by atoms with Crippen molar-refractivity contribution in [3.05, 3.63) is 115 Å². The van der Waals surface area contributed by atoms with E-state index in [2.05, 4.69) is 25.3 Å². The van der Waals surface area contributed by atoms with Crippen molar-refractivity contribution in [2.45, 2.75) is 58.6 Å². The number of rotatable bonds is 12. The highest BCUT2D eigenvalue weighted by Crippen LogP contribution is 2.25. The Morgan fingerprint density at radius 2 is 1.27 bits per heavy atom. The van der Waals surface area contributed by atoms with E-state index < -0.39 is 29.1 Å². The van der Waals surface area contributed by atoms with Crippen LogP contribution in [0.1, 0.15) is 54.4 Å². The standard InChI is InChI=1S/C19H24N4O5.C14H16N4O3.C2HF3O/c1-19(2,3)28-18(24)22(4)17-10-15(20-12-21-17)9-14-7-6-13(11-27-5)8-16(14)23(25)26;1-15-14-7-12(16-9-17-14)6-11-4-3-10(8-21-2)5-13(11)18(19)20;3-2(4,5)1-6/h6-8,10,12H,9,11H2,1-5H3;3-5,7,9H,6,8H2,1-2H3,(H,15,16,17);1H. The van der Waals surface area contributed by atoms with E-state index in [1.807, 2.05) is 6.07 Å². The Labute approximate surface area is 314 Å². The van der Waals surface area contributed by atoms with Gasteiger partial charge in [0.25, 0.3) is 11.4 Å². The van der Waals surface area contributed by atoms with Crippen molar-refractivity contribution >= 4 is 35.4 Å². The fraction of sp³-hybridized carbons (Fsp3) is 0.371. The van der Waals surface area contributed by atoms with Crippen LogP contribution in [0.2, 0.25) is 0 Å². The molecule has 20 heteroatoms. The Balaban J connectivity index is 0.000000340. The number of carbonyl (C=O) groups excluding carboxylic acids is 2. The topological polar surface area (TPSA) is 215 Å². The average molecular weight is 775 g/mol. The number of nitrogens with zero attached hydrogens (tertiary/aromatic N) is 7. The predicted octanol–water partition coefficient (Wildman–Crippen LogP) is 6.40. The van der Waals surface area contributed by atoms with E-state index >= 15 is 0 Å². The summed E-state index contributed by atoms with van der Waals surface area (Å²) in [6, 6.07) is 13.4. The summed E-state index contributed by atoms with van der Waals surface area (Å²) in [4.78, 5) is 60.4. The molecule has 4 rings (SSSR count). The molecule has 2 heterocycles. The van der Waals surface area contributed by atoms with Crippen LogP contribution in [0.4, 0.5) is 41.0 Å². The van der Waals surface area contributed by atoms with Crippen LogP contribution in [0.5, 0.6) is 0 Å². The van der Waals surface area contributed by atoms with Gasteiger partial charge in [-0.3, -0.25) is 29.9 Å². The third-order valence-corrected chi connectivity index (χ3v) is 6.89. The van der Waals surface area contributed by atoms with Gasteiger partial charge in [-0.05, 0) is 31.9 Å². The second-order valence-electron chi connectivity index (χ2n) is 12.4. The first-order chi connectivity index (χ1) is 25.8. The van der Waals surface area contributed by atoms with Crippen LogP contribution in [-0.2, 0) is 45.1 Å². The molecule has 0 bridgehead atoms. The van der Waals surface area contributed by atoms with Crippen molar-refractivity contribution < 1.29 is 46.8 Å². The molecule has 296 valence electrons. The lowest BCUT2D eigenvalue weighted by Gasteiger charge is -2.24. The van der Waals surface area contributed by atoms with Crippen molar-refractivity contribution in [3.63, 3.8) is 0 Å². The number of aldehydes is 1. The number of methoxy groups -OCH3 is 2. The largest absolute Gasteiger partial charge is 0.446 e. The number of anilines is 2. The molecule has 0 aliphatic carbocycles. The number of nitrogens with one attached hydrogen (secondary N) is 1. The first-order valence-electron chi connectivity index (χ1n) is 16.1. The maximum atomic E-state index is 12.2. The lowest BCUT2D eigenvalue weighted by Crippen LogP contribution is -2.34. The van der Waals surface area contributed by atoms with E-state index in [4.69, 9.17) is 19.0 Å². The summed E-state index contributed by atoms with van der Waals surface area (Å²) in [5.74, 6) is 1.02. The summed E-state index contributed by atoms with van der Waals surface area (Å²) in [7, 11) is 6.39. The van der Waals surface area contributed by atoms with Crippen LogP contribution in [-0.4, -0.2) is 82.3 Å². The van der Waals surface area contributed by atoms with Crippen molar-refractivity contribution in [1.29, 1.82) is 0 Å². The zero-order chi connectivity index (χ0) is 41.3. The molecule has 0 saturated carbocycles. The van der Waals surface area contributed by atoms with Crippen LogP contribution in [0, 0.1) is 20.2 Å². The molecule has 55 heavy (non-hydrogen) atoms. The van der Waals surface area contributed by atoms with Gasteiger partial charge in [0, 0.05) is 76.5 Å². The van der Waals surface area contributed by atoms with Gasteiger partial charge < -0.3 is 19.5 Å². The Bertz CT molecular complexity index is 1930. The van der Waals surface area contributed by atoms with Crippen LogP contribution in [0.15, 0.2) is 61.2 Å². The predicted molar refractivity (Wildman–Crippen MR) is 194 cm³/mol. The Kier molecular flexibility index (Phi) is 17.1. The molecule has 1 amide bonds. The second-order valence-corrected chi connectivity index (χ2v) is 12.4. The number of hydrogen-bond donors (Lipinski definition) is 1. The lowest BCUT2D eigenvalue weighted by atomic mass is 10.0. The summed E-state index contributed by atoms with van der Waals surface area (Å²) < 4.78 is 46.6. The van der Waals surface area contributed by atoms with Gasteiger partial charge in [-0.25, -0.2) is 24.7 Å². The molecular weight excluding hydrogens is 733 g/mol. The molecule has 4 aromatic rings. The van der Waals surface area contributed by atoms with Crippen LogP contribution >= 0.6 is 0 Å². The molecule has 0 radical (unpaired) electrons. The number of aromatic nitrogens is 4. The molecule has 17 nitrogen and oxygen atoms in total. The van der Waals surface area contributed by atoms with Crippen molar-refractivity contribution in [2.24, 2.45) is 0 Å². The van der Waals surface area contributed by atoms with E-state index in [0.717, 1.165) is 11.3 Å². The summed E-state index contributed by atoms with van der Waals surface area (Å²) in [6.45, 7) is 5.96. The first-order valence-corrected chi connectivity index (χ1v) is 16.1. The van der Waals surface area contributed by atoms with Crippen LogP contribution in [0.25, 0.3) is 0 Å². The van der Waals surface area contributed by atoms with Gasteiger partial charge in [0.2, 0.25) is 6.29 Å². The summed E-state index contributed by atoms with van der Waals surface area (Å²) in [5, 5.41) is 25.6. The smallest absolute Gasteiger partial charge is 0.443 e. The van der Waals surface area contributed by atoms with Gasteiger partial charge in [-0.2, -0.15) is 13.2 Å². The zero-order valence-corrected chi connectivity index (χ0v) is 31.1. The van der Waals surface area contributed by atoms with Crippen LogP contribution < -0.4 is 10.2 Å². The number of nitro groups is 2. The highest BCUT2D eigenvalue weighted by Gasteiger charge is 2.25. The number of carbonyl (C=O) groups is 2. The number of halogens is 3. The number of ether oxygens (including phenoxy) is 3. The van der Waals surface area contributed by atoms with Gasteiger partial charge in [0.1, 0.15) is 29.9 Å². The molecule has 2 aromatic carbocycles. The van der Waals surface area contributed by atoms with E-state index in [-0.39, 0.29) is 22.7 Å². The summed E-state index contributed by atoms with van der Waals surface area (Å²) in [6.07, 6.45) is -2.90. The Morgan fingerprint density at radius 3 is 1.67 bits per heavy atom. The maximum absolute atomic E-state index is 12.2. The third kappa shape index (κ3) is 15.8. The van der Waals surface area contributed by atoms with Gasteiger partial charge >= 0.3 is 12.3 Å². The molecule has 0 fully saturated rings. The van der Waals surface area contributed by atoms with E-state index in [1.165, 1.54) is 30.7 Å². The highest BCUT2D eigenvalue weighted by molar-refractivity contribution is 5.86. The number of hydrogen-bond acceptors (Lipinski definition) is 14. The Morgan fingerprint density at radius 1 is 0.818 bits per heavy atom. The summed E-state index contributed by atoms with van der Waals surface area (Å²) >= 11 is 0. The number of nitro benzene ring substituents is 2. The fourth-order valence-electron chi connectivity index (χ4n) is 4.48. The highest BCUT2D eigenvalue weighted by atomic mass is 19.4. The first kappa shape index (κ1) is 45.0. The van der Waals surface area contributed by atoms with Gasteiger partial charge in [-0.1, -0.05) is 24.3 Å². The molecule has 0 aliphatic rings. The average Bonchev–Trinajstić information content (AvgIpc) is 3.12. The minimum atomic E-state index is -4.64. The Hall–Kier alpha value is -6.15. The number of amides is 1. The van der Waals surface area contributed by atoms with E-state index in [1.54, 1.807) is 78.4 Å². The summed E-state index contributed by atoms with van der Waals surface area (Å²) in [5.41, 5.74) is 3.31. The molecule has 0 saturated heterocycles. The van der Waals surface area contributed by atoms with Crippen molar-refractivity contribution in [1.82, 2.24) is 19.9 Å². The molecule has 0 aliphatic heterocycles. The zero-order valence-electron chi connectivity index (χ0n) is 31.1. The van der Waals surface area contributed by atoms with Gasteiger partial charge in [0.05, 0.1) is 34.4 Å². The monoisotopic (exact) mass is 774 g/mol. The fourth-order valence-corrected chi connectivity index (χ4v) is 4.48. The van der Waals surface area contributed by atoms with E-state index in [0.29, 0.717) is 53.7 Å². The SMILES string of the molecule is CNc1cc(Cc2ccc(COC)cc2[N+](=O)[O-])ncn1.COCc1ccc(Cc2cc(N(C)C(=O)OC(C)(C)C)ncn2)c([N+](=O)[O-])c1.O=CC(F)(F)F. The minimum Gasteiger partial charge on any atom is -0.443 e. The number of alkyl halides is 3. The molecule has 1 N–H and O–H groups in total. The molecule has 0 atom stereocenters. The molecule has 2 aromatic heterocycles. The lowest BCUT2D eigenvalue weighted by molar-refractivity contribution is -0.385. The van der Waals surface area contributed by atoms with Crippen molar-refractivity contribution in [2.75, 3.05) is 38.5 Å². The van der Waals surface area contributed by atoms with Crippen LogP contribution in [0.3, 0.4) is 0 Å².